The number of benzene rings is 3. The first-order chi connectivity index (χ1) is 16.3. The summed E-state index contributed by atoms with van der Waals surface area (Å²) in [6, 6.07) is 16.2. The van der Waals surface area contributed by atoms with E-state index in [1.807, 2.05) is 37.3 Å². The predicted octanol–water partition coefficient (Wildman–Crippen LogP) is 7.43. The van der Waals surface area contributed by atoms with Crippen LogP contribution >= 0.6 is 46.6 Å². The molecule has 0 aromatic heterocycles. The Balaban J connectivity index is 1.49. The van der Waals surface area contributed by atoms with Crippen LogP contribution in [0.3, 0.4) is 0 Å². The minimum absolute atomic E-state index is 0.214. The SMILES string of the molecule is COc1cc(/C=C2\SC(=Nc3ccc(Cl)cc3C)NC2=O)ccc1OCc1ccc(Cl)c(Cl)c1. The van der Waals surface area contributed by atoms with E-state index in [4.69, 9.17) is 44.3 Å². The Morgan fingerprint density at radius 1 is 1.00 bits per heavy atom. The largest absolute Gasteiger partial charge is 0.493 e. The van der Waals surface area contributed by atoms with Gasteiger partial charge in [0.25, 0.3) is 5.91 Å². The maximum Gasteiger partial charge on any atom is 0.264 e. The van der Waals surface area contributed by atoms with Gasteiger partial charge in [-0.3, -0.25) is 4.79 Å². The summed E-state index contributed by atoms with van der Waals surface area (Å²) in [5.41, 5.74) is 3.34. The minimum Gasteiger partial charge on any atom is -0.493 e. The molecule has 0 bridgehead atoms. The third-order valence-electron chi connectivity index (χ3n) is 4.90. The van der Waals surface area contributed by atoms with Crippen LogP contribution in [-0.4, -0.2) is 18.2 Å². The van der Waals surface area contributed by atoms with E-state index in [0.29, 0.717) is 43.2 Å². The number of thioether (sulfide) groups is 1. The van der Waals surface area contributed by atoms with Crippen molar-refractivity contribution in [3.05, 3.63) is 91.3 Å². The van der Waals surface area contributed by atoms with Crippen molar-refractivity contribution >= 4 is 69.4 Å². The number of nitrogens with one attached hydrogen (secondary N) is 1. The molecular formula is C25H19Cl3N2O3S. The van der Waals surface area contributed by atoms with E-state index in [0.717, 1.165) is 22.4 Å². The number of aliphatic imine (C=N–C) groups is 1. The van der Waals surface area contributed by atoms with Crippen molar-refractivity contribution in [3.63, 3.8) is 0 Å². The Hall–Kier alpha value is -2.64. The number of nitrogens with zero attached hydrogens (tertiary/aromatic N) is 1. The fourth-order valence-corrected chi connectivity index (χ4v) is 4.55. The highest BCUT2D eigenvalue weighted by Gasteiger charge is 2.24. The van der Waals surface area contributed by atoms with Crippen molar-refractivity contribution in [1.82, 2.24) is 5.32 Å². The Morgan fingerprint density at radius 2 is 1.82 bits per heavy atom. The number of aryl methyl sites for hydroxylation is 1. The van der Waals surface area contributed by atoms with Gasteiger partial charge in [-0.25, -0.2) is 4.99 Å². The lowest BCUT2D eigenvalue weighted by molar-refractivity contribution is -0.115. The van der Waals surface area contributed by atoms with Gasteiger partial charge in [0.1, 0.15) is 6.61 Å². The molecule has 1 aliphatic heterocycles. The average molecular weight is 534 g/mol. The van der Waals surface area contributed by atoms with Gasteiger partial charge in [-0.05, 0) is 83.9 Å². The Bertz CT molecular complexity index is 1320. The lowest BCUT2D eigenvalue weighted by Gasteiger charge is -2.12. The van der Waals surface area contributed by atoms with Crippen LogP contribution in [0.4, 0.5) is 5.69 Å². The van der Waals surface area contributed by atoms with Crippen molar-refractivity contribution in [3.8, 4) is 11.5 Å². The van der Waals surface area contributed by atoms with Crippen molar-refractivity contribution in [2.45, 2.75) is 13.5 Å². The van der Waals surface area contributed by atoms with Gasteiger partial charge in [-0.2, -0.15) is 0 Å². The third-order valence-corrected chi connectivity index (χ3v) is 6.78. The number of methoxy groups -OCH3 is 1. The maximum atomic E-state index is 12.5. The van der Waals surface area contributed by atoms with Gasteiger partial charge in [0.05, 0.1) is 27.7 Å². The highest BCUT2D eigenvalue weighted by molar-refractivity contribution is 8.18. The predicted molar refractivity (Wildman–Crippen MR) is 141 cm³/mol. The highest BCUT2D eigenvalue weighted by atomic mass is 35.5. The van der Waals surface area contributed by atoms with Crippen molar-refractivity contribution < 1.29 is 14.3 Å². The summed E-state index contributed by atoms with van der Waals surface area (Å²) in [5, 5.41) is 4.91. The van der Waals surface area contributed by atoms with Crippen LogP contribution < -0.4 is 14.8 Å². The second-order valence-electron chi connectivity index (χ2n) is 7.36. The number of rotatable bonds is 6. The van der Waals surface area contributed by atoms with Gasteiger partial charge in [-0.15, -0.1) is 0 Å². The van der Waals surface area contributed by atoms with Crippen LogP contribution in [0, 0.1) is 6.92 Å². The van der Waals surface area contributed by atoms with Crippen LogP contribution in [0.25, 0.3) is 6.08 Å². The summed E-state index contributed by atoms with van der Waals surface area (Å²) in [6.45, 7) is 2.22. The number of amides is 1. The Kier molecular flexibility index (Phi) is 7.73. The molecule has 0 aliphatic carbocycles. The van der Waals surface area contributed by atoms with Gasteiger partial charge in [0.15, 0.2) is 16.7 Å². The molecule has 174 valence electrons. The average Bonchev–Trinajstić information content (AvgIpc) is 3.15. The summed E-state index contributed by atoms with van der Waals surface area (Å²) >= 11 is 19.3. The molecule has 1 N–H and O–H groups in total. The molecule has 3 aromatic carbocycles. The molecule has 1 aliphatic rings. The highest BCUT2D eigenvalue weighted by Crippen LogP contribution is 2.33. The molecule has 1 amide bonds. The number of halogens is 3. The molecular weight excluding hydrogens is 515 g/mol. The molecule has 0 radical (unpaired) electrons. The summed E-state index contributed by atoms with van der Waals surface area (Å²) < 4.78 is 11.4. The lowest BCUT2D eigenvalue weighted by Crippen LogP contribution is -2.19. The fraction of sp³-hybridized carbons (Fsp3) is 0.120. The topological polar surface area (TPSA) is 59.9 Å². The smallest absolute Gasteiger partial charge is 0.264 e. The fourth-order valence-electron chi connectivity index (χ4n) is 3.17. The van der Waals surface area contributed by atoms with Crippen LogP contribution in [0.2, 0.25) is 15.1 Å². The van der Waals surface area contributed by atoms with Crippen LogP contribution in [0.15, 0.2) is 64.5 Å². The first-order valence-electron chi connectivity index (χ1n) is 10.1. The first-order valence-corrected chi connectivity index (χ1v) is 12.1. The molecule has 0 unspecified atom stereocenters. The number of ether oxygens (including phenoxy) is 2. The summed E-state index contributed by atoms with van der Waals surface area (Å²) in [5.74, 6) is 0.900. The van der Waals surface area contributed by atoms with Gasteiger partial charge < -0.3 is 14.8 Å². The molecule has 34 heavy (non-hydrogen) atoms. The van der Waals surface area contributed by atoms with Crippen molar-refractivity contribution in [2.24, 2.45) is 4.99 Å². The van der Waals surface area contributed by atoms with E-state index in [1.54, 1.807) is 37.5 Å². The molecule has 0 atom stereocenters. The van der Waals surface area contributed by atoms with E-state index >= 15 is 0 Å². The zero-order chi connectivity index (χ0) is 24.2. The molecule has 0 spiro atoms. The lowest BCUT2D eigenvalue weighted by atomic mass is 10.2. The molecule has 3 aromatic rings. The monoisotopic (exact) mass is 532 g/mol. The zero-order valence-electron chi connectivity index (χ0n) is 18.2. The Labute approximate surface area is 216 Å². The van der Waals surface area contributed by atoms with E-state index in [2.05, 4.69) is 10.3 Å². The second-order valence-corrected chi connectivity index (χ2v) is 9.64. The molecule has 9 heteroatoms. The third kappa shape index (κ3) is 5.88. The van der Waals surface area contributed by atoms with Crippen LogP contribution in [0.1, 0.15) is 16.7 Å². The van der Waals surface area contributed by atoms with E-state index in [1.165, 1.54) is 11.8 Å². The Morgan fingerprint density at radius 3 is 2.56 bits per heavy atom. The summed E-state index contributed by atoms with van der Waals surface area (Å²) in [7, 11) is 1.56. The number of carbonyl (C=O) groups excluding carboxylic acids is 1. The number of hydrogen-bond acceptors (Lipinski definition) is 5. The van der Waals surface area contributed by atoms with Crippen LogP contribution in [-0.2, 0) is 11.4 Å². The van der Waals surface area contributed by atoms with Gasteiger partial charge in [-0.1, -0.05) is 46.9 Å². The maximum absolute atomic E-state index is 12.5. The standard InChI is InChI=1S/C25H19Cl3N2O3S/c1-14-9-17(26)5-7-20(14)29-25-30-24(31)23(34-25)12-15-4-8-21(22(11-15)32-2)33-13-16-3-6-18(27)19(28)10-16/h3-12H,13H2,1-2H3,(H,29,30,31)/b23-12-. The zero-order valence-corrected chi connectivity index (χ0v) is 21.3. The van der Waals surface area contributed by atoms with Gasteiger partial charge in [0.2, 0.25) is 0 Å². The van der Waals surface area contributed by atoms with Gasteiger partial charge >= 0.3 is 0 Å². The second kappa shape index (κ2) is 10.7. The molecule has 1 heterocycles. The van der Waals surface area contributed by atoms with E-state index < -0.39 is 0 Å². The normalized spacial score (nSPS) is 15.6. The van der Waals surface area contributed by atoms with Gasteiger partial charge in [0, 0.05) is 5.02 Å². The number of carbonyl (C=O) groups is 1. The molecule has 5 nitrogen and oxygen atoms in total. The van der Waals surface area contributed by atoms with Crippen molar-refractivity contribution in [1.29, 1.82) is 0 Å². The number of amidine groups is 1. The van der Waals surface area contributed by atoms with Crippen LogP contribution in [0.5, 0.6) is 11.5 Å². The molecule has 0 saturated carbocycles. The van der Waals surface area contributed by atoms with E-state index in [-0.39, 0.29) is 5.91 Å². The number of hydrogen-bond donors (Lipinski definition) is 1. The first kappa shape index (κ1) is 24.5. The van der Waals surface area contributed by atoms with E-state index in [9.17, 15) is 4.79 Å². The quantitative estimate of drug-likeness (QED) is 0.335. The van der Waals surface area contributed by atoms with Crippen molar-refractivity contribution in [2.75, 3.05) is 7.11 Å². The molecule has 1 fully saturated rings. The minimum atomic E-state index is -0.214. The summed E-state index contributed by atoms with van der Waals surface area (Å²) in [6.07, 6.45) is 1.78. The summed E-state index contributed by atoms with van der Waals surface area (Å²) in [4.78, 5) is 17.5. The molecule has 1 saturated heterocycles. The molecule has 4 rings (SSSR count).